The molecule has 0 N–H and O–H groups in total. The van der Waals surface area contributed by atoms with E-state index in [1.807, 2.05) is 81.4 Å². The molecule has 36 heavy (non-hydrogen) atoms. The van der Waals surface area contributed by atoms with Crippen LogP contribution >= 0.6 is 0 Å². The molecule has 1 fully saturated rings. The monoisotopic (exact) mass is 505 g/mol. The van der Waals surface area contributed by atoms with Crippen molar-refractivity contribution in [2.75, 3.05) is 44.2 Å². The van der Waals surface area contributed by atoms with Crippen LogP contribution in [0.4, 0.5) is 5.69 Å². The lowest BCUT2D eigenvalue weighted by Crippen LogP contribution is -2.52. The molecule has 0 bridgehead atoms. The molecule has 0 aliphatic carbocycles. The smallest absolute Gasteiger partial charge is 0.244 e. The summed E-state index contributed by atoms with van der Waals surface area (Å²) in [5.74, 6) is -0.151. The molecular formula is C29H35N3O3S. The van der Waals surface area contributed by atoms with Crippen molar-refractivity contribution in [2.24, 2.45) is 0 Å². The van der Waals surface area contributed by atoms with Crippen LogP contribution in [0.1, 0.15) is 22.3 Å². The number of piperazine rings is 1. The number of carbonyl (C=O) groups is 1. The lowest BCUT2D eigenvalue weighted by Gasteiger charge is -2.37. The highest BCUT2D eigenvalue weighted by atomic mass is 32.2. The summed E-state index contributed by atoms with van der Waals surface area (Å²) in [5.41, 5.74) is 4.62. The number of hydrogen-bond acceptors (Lipinski definition) is 4. The van der Waals surface area contributed by atoms with E-state index in [4.69, 9.17) is 0 Å². The normalized spacial score (nSPS) is 14.3. The zero-order valence-corrected chi connectivity index (χ0v) is 22.2. The van der Waals surface area contributed by atoms with Crippen molar-refractivity contribution in [2.45, 2.75) is 32.1 Å². The molecule has 0 aromatic heterocycles. The minimum Gasteiger partial charge on any atom is -0.368 e. The average molecular weight is 506 g/mol. The molecule has 0 radical (unpaired) electrons. The molecule has 190 valence electrons. The third-order valence-electron chi connectivity index (χ3n) is 6.76. The largest absolute Gasteiger partial charge is 0.368 e. The third-order valence-corrected chi connectivity index (χ3v) is 8.91. The van der Waals surface area contributed by atoms with Crippen molar-refractivity contribution in [3.8, 4) is 0 Å². The van der Waals surface area contributed by atoms with E-state index in [1.165, 1.54) is 4.31 Å². The summed E-state index contributed by atoms with van der Waals surface area (Å²) >= 11 is 0. The van der Waals surface area contributed by atoms with Gasteiger partial charge < -0.3 is 9.80 Å². The van der Waals surface area contributed by atoms with Crippen LogP contribution in [0.15, 0.2) is 77.7 Å². The molecule has 1 saturated heterocycles. The predicted molar refractivity (Wildman–Crippen MR) is 145 cm³/mol. The van der Waals surface area contributed by atoms with Gasteiger partial charge in [-0.3, -0.25) is 4.79 Å². The SMILES string of the molecule is Cc1cc(C)c(S(=O)(=O)N(CCc2ccccc2)CC(=O)N2CCN(c3ccccc3)CC2)c(C)c1. The summed E-state index contributed by atoms with van der Waals surface area (Å²) in [6, 6.07) is 23.7. The molecule has 0 unspecified atom stereocenters. The van der Waals surface area contributed by atoms with E-state index < -0.39 is 10.0 Å². The van der Waals surface area contributed by atoms with Crippen molar-refractivity contribution in [3.63, 3.8) is 0 Å². The number of sulfonamides is 1. The van der Waals surface area contributed by atoms with E-state index in [9.17, 15) is 13.2 Å². The molecule has 0 spiro atoms. The molecule has 4 rings (SSSR count). The van der Waals surface area contributed by atoms with E-state index in [-0.39, 0.29) is 19.0 Å². The molecular weight excluding hydrogens is 470 g/mol. The Kier molecular flexibility index (Phi) is 8.11. The van der Waals surface area contributed by atoms with Crippen molar-refractivity contribution in [1.82, 2.24) is 9.21 Å². The average Bonchev–Trinajstić information content (AvgIpc) is 2.86. The van der Waals surface area contributed by atoms with Gasteiger partial charge in [0.2, 0.25) is 15.9 Å². The number of anilines is 1. The van der Waals surface area contributed by atoms with Crippen molar-refractivity contribution in [1.29, 1.82) is 0 Å². The topological polar surface area (TPSA) is 60.9 Å². The molecule has 6 nitrogen and oxygen atoms in total. The van der Waals surface area contributed by atoms with Crippen LogP contribution in [0.3, 0.4) is 0 Å². The van der Waals surface area contributed by atoms with Crippen LogP contribution < -0.4 is 4.90 Å². The number of nitrogens with zero attached hydrogens (tertiary/aromatic N) is 3. The maximum Gasteiger partial charge on any atom is 0.244 e. The first-order valence-electron chi connectivity index (χ1n) is 12.5. The summed E-state index contributed by atoms with van der Waals surface area (Å²) in [6.07, 6.45) is 0.541. The Labute approximate surface area is 215 Å². The Morgan fingerprint density at radius 1 is 0.833 bits per heavy atom. The first-order valence-corrected chi connectivity index (χ1v) is 13.9. The highest BCUT2D eigenvalue weighted by Gasteiger charge is 2.31. The van der Waals surface area contributed by atoms with Crippen LogP contribution in [0.2, 0.25) is 0 Å². The Hall–Kier alpha value is -3.16. The standard InChI is InChI=1S/C29H35N3O3S/c1-23-20-24(2)29(25(3)21-23)36(34,35)32(15-14-26-10-6-4-7-11-26)22-28(33)31-18-16-30(17-19-31)27-12-8-5-9-13-27/h4-13,20-21H,14-19,22H2,1-3H3. The van der Waals surface area contributed by atoms with Gasteiger partial charge in [0.25, 0.3) is 0 Å². The van der Waals surface area contributed by atoms with Crippen molar-refractivity contribution >= 4 is 21.6 Å². The van der Waals surface area contributed by atoms with Gasteiger partial charge in [-0.25, -0.2) is 8.42 Å². The van der Waals surface area contributed by atoms with Gasteiger partial charge in [-0.1, -0.05) is 66.2 Å². The minimum atomic E-state index is -3.86. The van der Waals surface area contributed by atoms with Crippen LogP contribution in [-0.2, 0) is 21.2 Å². The molecule has 7 heteroatoms. The summed E-state index contributed by atoms with van der Waals surface area (Å²) in [4.78, 5) is 17.7. The van der Waals surface area contributed by atoms with E-state index in [0.717, 1.165) is 29.9 Å². The van der Waals surface area contributed by atoms with E-state index in [0.29, 0.717) is 35.5 Å². The van der Waals surface area contributed by atoms with Gasteiger partial charge in [0.05, 0.1) is 11.4 Å². The molecule has 1 aliphatic rings. The van der Waals surface area contributed by atoms with Gasteiger partial charge in [0.15, 0.2) is 0 Å². The Bertz CT molecular complexity index is 1260. The molecule has 1 amide bonds. The van der Waals surface area contributed by atoms with Gasteiger partial charge in [0.1, 0.15) is 0 Å². The Balaban J connectivity index is 1.52. The zero-order chi connectivity index (χ0) is 25.7. The number of benzene rings is 3. The summed E-state index contributed by atoms with van der Waals surface area (Å²) in [7, 11) is -3.86. The maximum atomic E-state index is 13.9. The summed E-state index contributed by atoms with van der Waals surface area (Å²) in [6.45, 7) is 8.29. The van der Waals surface area contributed by atoms with Crippen molar-refractivity contribution < 1.29 is 13.2 Å². The molecule has 0 atom stereocenters. The van der Waals surface area contributed by atoms with Crippen LogP contribution in [-0.4, -0.2) is 62.8 Å². The summed E-state index contributed by atoms with van der Waals surface area (Å²) in [5, 5.41) is 0. The molecule has 0 saturated carbocycles. The van der Waals surface area contributed by atoms with Gasteiger partial charge in [0, 0.05) is 38.4 Å². The number of aryl methyl sites for hydroxylation is 3. The lowest BCUT2D eigenvalue weighted by molar-refractivity contribution is -0.131. The predicted octanol–water partition coefficient (Wildman–Crippen LogP) is 4.19. The maximum absolute atomic E-state index is 13.9. The molecule has 3 aromatic carbocycles. The quantitative estimate of drug-likeness (QED) is 0.461. The van der Waals surface area contributed by atoms with E-state index in [1.54, 1.807) is 4.90 Å². The zero-order valence-electron chi connectivity index (χ0n) is 21.4. The van der Waals surface area contributed by atoms with E-state index in [2.05, 4.69) is 17.0 Å². The Morgan fingerprint density at radius 3 is 1.97 bits per heavy atom. The van der Waals surface area contributed by atoms with Crippen molar-refractivity contribution in [3.05, 3.63) is 95.1 Å². The minimum absolute atomic E-state index is 0.151. The van der Waals surface area contributed by atoms with Gasteiger partial charge >= 0.3 is 0 Å². The second kappa shape index (κ2) is 11.3. The first kappa shape index (κ1) is 25.9. The molecule has 3 aromatic rings. The number of para-hydroxylation sites is 1. The van der Waals surface area contributed by atoms with Crippen LogP contribution in [0.5, 0.6) is 0 Å². The van der Waals surface area contributed by atoms with Gasteiger partial charge in [-0.05, 0) is 56.0 Å². The second-order valence-electron chi connectivity index (χ2n) is 9.51. The number of rotatable bonds is 8. The van der Waals surface area contributed by atoms with E-state index >= 15 is 0 Å². The molecule has 1 heterocycles. The fraction of sp³-hybridized carbons (Fsp3) is 0.345. The highest BCUT2D eigenvalue weighted by Crippen LogP contribution is 2.26. The van der Waals surface area contributed by atoms with Crippen LogP contribution in [0, 0.1) is 20.8 Å². The second-order valence-corrected chi connectivity index (χ2v) is 11.4. The fourth-order valence-electron chi connectivity index (χ4n) is 4.99. The third kappa shape index (κ3) is 5.97. The first-order chi connectivity index (χ1) is 17.3. The Morgan fingerprint density at radius 2 is 1.39 bits per heavy atom. The van der Waals surface area contributed by atoms with Gasteiger partial charge in [-0.2, -0.15) is 4.31 Å². The number of hydrogen-bond donors (Lipinski definition) is 0. The lowest BCUT2D eigenvalue weighted by atomic mass is 10.1. The number of carbonyl (C=O) groups excluding carboxylic acids is 1. The molecule has 1 aliphatic heterocycles. The van der Waals surface area contributed by atoms with Crippen LogP contribution in [0.25, 0.3) is 0 Å². The number of amides is 1. The van der Waals surface area contributed by atoms with Gasteiger partial charge in [-0.15, -0.1) is 0 Å². The fourth-order valence-corrected chi connectivity index (χ4v) is 6.79. The summed E-state index contributed by atoms with van der Waals surface area (Å²) < 4.78 is 29.2. The highest BCUT2D eigenvalue weighted by molar-refractivity contribution is 7.89.